The van der Waals surface area contributed by atoms with Gasteiger partial charge in [-0.3, -0.25) is 4.79 Å². The van der Waals surface area contributed by atoms with Gasteiger partial charge in [0, 0.05) is 12.0 Å². The number of carbonyl (C=O) groups excluding carboxylic acids is 1. The summed E-state index contributed by atoms with van der Waals surface area (Å²) in [6.07, 6.45) is 3.21. The molecule has 0 aliphatic carbocycles. The van der Waals surface area contributed by atoms with E-state index in [1.165, 1.54) is 7.11 Å². The van der Waals surface area contributed by atoms with Gasteiger partial charge in [-0.25, -0.2) is 4.98 Å². The molecular formula is C30H34ClN3O4. The van der Waals surface area contributed by atoms with Crippen LogP contribution in [0, 0.1) is 0 Å². The number of nitrogens with zero attached hydrogens (tertiary/aromatic N) is 3. The molecule has 1 heterocycles. The SMILES string of the molecule is CCCCCC(=O)N(Cc1nc2ccccc2n1Cc1ccccc1OC)c1ccc(OC)c(OC)c1Cl. The van der Waals surface area contributed by atoms with Gasteiger partial charge in [0.2, 0.25) is 5.91 Å². The number of methoxy groups -OCH3 is 3. The Kier molecular flexibility index (Phi) is 9.13. The summed E-state index contributed by atoms with van der Waals surface area (Å²) < 4.78 is 18.7. The Morgan fingerprint density at radius 2 is 1.66 bits per heavy atom. The Morgan fingerprint density at radius 3 is 2.39 bits per heavy atom. The van der Waals surface area contributed by atoms with Gasteiger partial charge in [-0.15, -0.1) is 0 Å². The molecule has 0 fully saturated rings. The molecule has 8 heteroatoms. The van der Waals surface area contributed by atoms with Gasteiger partial charge in [0.25, 0.3) is 0 Å². The summed E-state index contributed by atoms with van der Waals surface area (Å²) >= 11 is 6.80. The van der Waals surface area contributed by atoms with Crippen LogP contribution < -0.4 is 19.1 Å². The van der Waals surface area contributed by atoms with Crippen molar-refractivity contribution < 1.29 is 19.0 Å². The van der Waals surface area contributed by atoms with Gasteiger partial charge in [-0.1, -0.05) is 61.7 Å². The highest BCUT2D eigenvalue weighted by Crippen LogP contribution is 2.42. The van der Waals surface area contributed by atoms with Gasteiger partial charge in [0.05, 0.1) is 51.1 Å². The lowest BCUT2D eigenvalue weighted by Gasteiger charge is -2.25. The van der Waals surface area contributed by atoms with Crippen LogP contribution in [0.1, 0.15) is 44.0 Å². The minimum absolute atomic E-state index is 0.0246. The van der Waals surface area contributed by atoms with Crippen LogP contribution in [0.15, 0.2) is 60.7 Å². The number of hydrogen-bond donors (Lipinski definition) is 0. The predicted octanol–water partition coefficient (Wildman–Crippen LogP) is 6.88. The van der Waals surface area contributed by atoms with Crippen molar-refractivity contribution in [3.63, 3.8) is 0 Å². The number of unbranched alkanes of at least 4 members (excludes halogenated alkanes) is 2. The first-order valence-electron chi connectivity index (χ1n) is 12.8. The van der Waals surface area contributed by atoms with Crippen LogP contribution in [0.5, 0.6) is 17.2 Å². The molecule has 0 atom stereocenters. The van der Waals surface area contributed by atoms with Crippen molar-refractivity contribution in [2.45, 2.75) is 45.7 Å². The highest BCUT2D eigenvalue weighted by Gasteiger charge is 2.25. The molecule has 7 nitrogen and oxygen atoms in total. The van der Waals surface area contributed by atoms with Crippen molar-refractivity contribution in [3.05, 3.63) is 77.1 Å². The lowest BCUT2D eigenvalue weighted by molar-refractivity contribution is -0.118. The summed E-state index contributed by atoms with van der Waals surface area (Å²) in [4.78, 5) is 20.3. The summed E-state index contributed by atoms with van der Waals surface area (Å²) in [5.41, 5.74) is 3.41. The molecular weight excluding hydrogens is 502 g/mol. The van der Waals surface area contributed by atoms with Crippen LogP contribution in [0.2, 0.25) is 5.02 Å². The molecule has 1 amide bonds. The number of fused-ring (bicyclic) bond motifs is 1. The van der Waals surface area contributed by atoms with Crippen LogP contribution in [-0.4, -0.2) is 36.8 Å². The molecule has 0 radical (unpaired) electrons. The average molecular weight is 536 g/mol. The van der Waals surface area contributed by atoms with E-state index in [0.717, 1.165) is 47.4 Å². The minimum atomic E-state index is -0.0246. The number of carbonyl (C=O) groups is 1. The lowest BCUT2D eigenvalue weighted by Crippen LogP contribution is -2.32. The fourth-order valence-electron chi connectivity index (χ4n) is 4.62. The number of hydrogen-bond acceptors (Lipinski definition) is 5. The third-order valence-corrected chi connectivity index (χ3v) is 6.97. The second-order valence-electron chi connectivity index (χ2n) is 8.99. The number of aromatic nitrogens is 2. The maximum Gasteiger partial charge on any atom is 0.227 e. The van der Waals surface area contributed by atoms with Gasteiger partial charge in [0.15, 0.2) is 11.5 Å². The summed E-state index contributed by atoms with van der Waals surface area (Å²) in [7, 11) is 4.76. The summed E-state index contributed by atoms with van der Waals surface area (Å²) in [6.45, 7) is 2.90. The zero-order chi connectivity index (χ0) is 27.1. The van der Waals surface area contributed by atoms with Crippen molar-refractivity contribution in [2.75, 3.05) is 26.2 Å². The van der Waals surface area contributed by atoms with E-state index in [0.29, 0.717) is 35.2 Å². The summed E-state index contributed by atoms with van der Waals surface area (Å²) in [5.74, 6) is 2.41. The fraction of sp³-hybridized carbons (Fsp3) is 0.333. The molecule has 0 N–H and O–H groups in total. The molecule has 38 heavy (non-hydrogen) atoms. The largest absolute Gasteiger partial charge is 0.496 e. The molecule has 200 valence electrons. The first kappa shape index (κ1) is 27.3. The zero-order valence-electron chi connectivity index (χ0n) is 22.4. The molecule has 0 spiro atoms. The molecule has 4 rings (SSSR count). The zero-order valence-corrected chi connectivity index (χ0v) is 23.1. The van der Waals surface area contributed by atoms with E-state index >= 15 is 0 Å². The van der Waals surface area contributed by atoms with E-state index in [1.54, 1.807) is 31.3 Å². The van der Waals surface area contributed by atoms with Crippen molar-refractivity contribution in [2.24, 2.45) is 0 Å². The molecule has 0 aliphatic rings. The van der Waals surface area contributed by atoms with Crippen molar-refractivity contribution in [1.82, 2.24) is 9.55 Å². The Labute approximate surface area is 228 Å². The number of para-hydroxylation sites is 3. The van der Waals surface area contributed by atoms with Crippen LogP contribution in [0.4, 0.5) is 5.69 Å². The Bertz CT molecular complexity index is 1400. The van der Waals surface area contributed by atoms with E-state index in [-0.39, 0.29) is 12.5 Å². The van der Waals surface area contributed by atoms with Gasteiger partial charge in [-0.2, -0.15) is 0 Å². The van der Waals surface area contributed by atoms with Gasteiger partial charge in [0.1, 0.15) is 16.6 Å². The van der Waals surface area contributed by atoms with E-state index in [4.69, 9.17) is 30.8 Å². The number of ether oxygens (including phenoxy) is 3. The van der Waals surface area contributed by atoms with Crippen molar-refractivity contribution in [1.29, 1.82) is 0 Å². The standard InChI is InChI=1S/C30H34ClN3O4/c1-5-6-7-16-28(35)34(24-17-18-26(37-3)30(38-4)29(24)31)20-27-32-22-13-9-10-14-23(22)33(27)19-21-12-8-11-15-25(21)36-2/h8-15,17-18H,5-7,16,19-20H2,1-4H3. The number of imidazole rings is 1. The van der Waals surface area contributed by atoms with E-state index in [1.807, 2.05) is 48.5 Å². The number of amides is 1. The molecule has 0 saturated carbocycles. The third-order valence-electron chi connectivity index (χ3n) is 6.60. The smallest absolute Gasteiger partial charge is 0.227 e. The third kappa shape index (κ3) is 5.73. The van der Waals surface area contributed by atoms with Crippen LogP contribution >= 0.6 is 11.6 Å². The van der Waals surface area contributed by atoms with E-state index in [9.17, 15) is 4.79 Å². The Hall–Kier alpha value is -3.71. The normalized spacial score (nSPS) is 11.0. The first-order chi connectivity index (χ1) is 18.5. The molecule has 4 aromatic rings. The highest BCUT2D eigenvalue weighted by atomic mass is 35.5. The predicted molar refractivity (Wildman–Crippen MR) is 152 cm³/mol. The second-order valence-corrected chi connectivity index (χ2v) is 9.36. The van der Waals surface area contributed by atoms with Gasteiger partial charge < -0.3 is 23.7 Å². The number of rotatable bonds is 12. The van der Waals surface area contributed by atoms with Crippen molar-refractivity contribution in [3.8, 4) is 17.2 Å². The highest BCUT2D eigenvalue weighted by molar-refractivity contribution is 6.35. The minimum Gasteiger partial charge on any atom is -0.496 e. The molecule has 0 bridgehead atoms. The quantitative estimate of drug-likeness (QED) is 0.185. The molecule has 0 aliphatic heterocycles. The molecule has 0 saturated heterocycles. The van der Waals surface area contributed by atoms with Crippen LogP contribution in [-0.2, 0) is 17.9 Å². The number of halogens is 1. The lowest BCUT2D eigenvalue weighted by atomic mass is 10.1. The summed E-state index contributed by atoms with van der Waals surface area (Å²) in [5, 5.41) is 0.322. The number of benzene rings is 3. The monoisotopic (exact) mass is 535 g/mol. The maximum atomic E-state index is 13.7. The van der Waals surface area contributed by atoms with E-state index < -0.39 is 0 Å². The van der Waals surface area contributed by atoms with Crippen LogP contribution in [0.25, 0.3) is 11.0 Å². The fourth-order valence-corrected chi connectivity index (χ4v) is 4.96. The average Bonchev–Trinajstić information content (AvgIpc) is 3.28. The maximum absolute atomic E-state index is 13.7. The Balaban J connectivity index is 1.80. The van der Waals surface area contributed by atoms with Crippen LogP contribution in [0.3, 0.4) is 0 Å². The van der Waals surface area contributed by atoms with Gasteiger partial charge >= 0.3 is 0 Å². The number of anilines is 1. The first-order valence-corrected chi connectivity index (χ1v) is 13.2. The summed E-state index contributed by atoms with van der Waals surface area (Å²) in [6, 6.07) is 19.5. The van der Waals surface area contributed by atoms with Gasteiger partial charge in [-0.05, 0) is 36.8 Å². The van der Waals surface area contributed by atoms with Crippen molar-refractivity contribution >= 4 is 34.2 Å². The topological polar surface area (TPSA) is 65.8 Å². The molecule has 0 unspecified atom stereocenters. The second kappa shape index (κ2) is 12.7. The Morgan fingerprint density at radius 1 is 0.921 bits per heavy atom. The molecule has 3 aromatic carbocycles. The van der Waals surface area contributed by atoms with E-state index in [2.05, 4.69) is 11.5 Å². The molecule has 1 aromatic heterocycles.